The highest BCUT2D eigenvalue weighted by molar-refractivity contribution is 9.10. The monoisotopic (exact) mass is 272 g/mol. The lowest BCUT2D eigenvalue weighted by atomic mass is 10.2. The molecule has 0 aliphatic rings. The first-order chi connectivity index (χ1) is 7.04. The van der Waals surface area contributed by atoms with E-state index in [0.29, 0.717) is 18.0 Å². The number of carbonyl (C=O) groups is 1. The highest BCUT2D eigenvalue weighted by atomic mass is 79.9. The molecule has 1 rings (SSSR count). The highest BCUT2D eigenvalue weighted by Gasteiger charge is 2.08. The molecule has 5 heteroatoms. The van der Waals surface area contributed by atoms with Gasteiger partial charge < -0.3 is 10.5 Å². The van der Waals surface area contributed by atoms with Crippen molar-refractivity contribution in [2.75, 3.05) is 17.7 Å². The molecule has 0 saturated carbocycles. The van der Waals surface area contributed by atoms with Crippen LogP contribution in [-0.4, -0.2) is 12.7 Å². The molecule has 15 heavy (non-hydrogen) atoms. The molecule has 82 valence electrons. The van der Waals surface area contributed by atoms with Gasteiger partial charge in [-0.05, 0) is 31.5 Å². The average Bonchev–Trinajstić information content (AvgIpc) is 2.11. The van der Waals surface area contributed by atoms with Crippen molar-refractivity contribution in [1.29, 1.82) is 0 Å². The van der Waals surface area contributed by atoms with Crippen LogP contribution >= 0.6 is 15.9 Å². The van der Waals surface area contributed by atoms with Gasteiger partial charge in [-0.25, -0.2) is 4.79 Å². The molecular formula is C10H13BrN2O2. The van der Waals surface area contributed by atoms with Gasteiger partial charge >= 0.3 is 6.09 Å². The molecule has 0 aliphatic heterocycles. The van der Waals surface area contributed by atoms with Crippen LogP contribution in [0.15, 0.2) is 16.6 Å². The molecule has 0 unspecified atom stereocenters. The number of aryl methyl sites for hydroxylation is 1. The van der Waals surface area contributed by atoms with Gasteiger partial charge in [0.15, 0.2) is 0 Å². The van der Waals surface area contributed by atoms with E-state index in [-0.39, 0.29) is 0 Å². The molecule has 1 amide bonds. The number of rotatable bonds is 2. The third-order valence-corrected chi connectivity index (χ3v) is 2.29. The fourth-order valence-corrected chi connectivity index (χ4v) is 1.80. The van der Waals surface area contributed by atoms with Crippen molar-refractivity contribution in [1.82, 2.24) is 0 Å². The van der Waals surface area contributed by atoms with Crippen molar-refractivity contribution in [2.24, 2.45) is 0 Å². The van der Waals surface area contributed by atoms with Crippen LogP contribution in [0, 0.1) is 6.92 Å². The number of carbonyl (C=O) groups excluding carboxylic acids is 1. The maximum Gasteiger partial charge on any atom is 0.411 e. The molecule has 0 saturated heterocycles. The van der Waals surface area contributed by atoms with E-state index >= 15 is 0 Å². The molecular weight excluding hydrogens is 260 g/mol. The van der Waals surface area contributed by atoms with E-state index < -0.39 is 6.09 Å². The Bertz CT molecular complexity index is 357. The maximum atomic E-state index is 11.2. The number of benzene rings is 1. The summed E-state index contributed by atoms with van der Waals surface area (Å²) in [6.07, 6.45) is -0.491. The lowest BCUT2D eigenvalue weighted by molar-refractivity contribution is 0.168. The minimum absolute atomic E-state index is 0.335. The third kappa shape index (κ3) is 3.13. The summed E-state index contributed by atoms with van der Waals surface area (Å²) in [5, 5.41) is 2.60. The van der Waals surface area contributed by atoms with Crippen molar-refractivity contribution in [3.8, 4) is 0 Å². The van der Waals surface area contributed by atoms with Gasteiger partial charge in [-0.2, -0.15) is 0 Å². The quantitative estimate of drug-likeness (QED) is 0.814. The number of nitrogens with two attached hydrogens (primary N) is 1. The Labute approximate surface area is 96.9 Å². The van der Waals surface area contributed by atoms with Crippen molar-refractivity contribution < 1.29 is 9.53 Å². The number of nitrogens with one attached hydrogen (secondary N) is 1. The van der Waals surface area contributed by atoms with E-state index in [1.165, 1.54) is 0 Å². The maximum absolute atomic E-state index is 11.2. The molecule has 0 aromatic heterocycles. The van der Waals surface area contributed by atoms with E-state index in [1.54, 1.807) is 13.0 Å². The lowest BCUT2D eigenvalue weighted by Crippen LogP contribution is -2.15. The summed E-state index contributed by atoms with van der Waals surface area (Å²) < 4.78 is 5.65. The summed E-state index contributed by atoms with van der Waals surface area (Å²) in [5.41, 5.74) is 7.75. The SMILES string of the molecule is CCOC(=O)Nc1c(C)cc(Br)cc1N. The van der Waals surface area contributed by atoms with Gasteiger partial charge in [-0.15, -0.1) is 0 Å². The fraction of sp³-hybridized carbons (Fsp3) is 0.300. The Morgan fingerprint density at radius 2 is 2.27 bits per heavy atom. The number of halogens is 1. The molecule has 0 bridgehead atoms. The van der Waals surface area contributed by atoms with Crippen molar-refractivity contribution >= 4 is 33.4 Å². The number of amides is 1. The molecule has 0 radical (unpaired) electrons. The van der Waals surface area contributed by atoms with Crippen molar-refractivity contribution in [3.63, 3.8) is 0 Å². The number of anilines is 2. The summed E-state index contributed by atoms with van der Waals surface area (Å²) in [7, 11) is 0. The van der Waals surface area contributed by atoms with E-state index in [9.17, 15) is 4.79 Å². The normalized spacial score (nSPS) is 9.80. The van der Waals surface area contributed by atoms with Crippen LogP contribution in [0.5, 0.6) is 0 Å². The molecule has 3 N–H and O–H groups in total. The molecule has 0 spiro atoms. The zero-order valence-corrected chi connectivity index (χ0v) is 10.2. The second-order valence-electron chi connectivity index (χ2n) is 3.03. The standard InChI is InChI=1S/C10H13BrN2O2/c1-3-15-10(14)13-9-6(2)4-7(11)5-8(9)12/h4-5H,3,12H2,1-2H3,(H,13,14). The highest BCUT2D eigenvalue weighted by Crippen LogP contribution is 2.27. The van der Waals surface area contributed by atoms with E-state index in [0.717, 1.165) is 10.0 Å². The van der Waals surface area contributed by atoms with E-state index in [2.05, 4.69) is 21.2 Å². The number of ether oxygens (including phenoxy) is 1. The van der Waals surface area contributed by atoms with Crippen LogP contribution in [0.3, 0.4) is 0 Å². The van der Waals surface area contributed by atoms with Gasteiger partial charge in [0.2, 0.25) is 0 Å². The molecule has 0 fully saturated rings. The first kappa shape index (κ1) is 11.8. The zero-order chi connectivity index (χ0) is 11.4. The lowest BCUT2D eigenvalue weighted by Gasteiger charge is -2.11. The van der Waals surface area contributed by atoms with Gasteiger partial charge in [0, 0.05) is 4.47 Å². The second kappa shape index (κ2) is 5.02. The number of hydrogen-bond acceptors (Lipinski definition) is 3. The molecule has 0 heterocycles. The van der Waals surface area contributed by atoms with Crippen LogP contribution in [0.2, 0.25) is 0 Å². The van der Waals surface area contributed by atoms with E-state index in [4.69, 9.17) is 10.5 Å². The van der Waals surface area contributed by atoms with Crippen LogP contribution in [0.1, 0.15) is 12.5 Å². The Kier molecular flexibility index (Phi) is 3.96. The van der Waals surface area contributed by atoms with Gasteiger partial charge in [0.1, 0.15) is 0 Å². The topological polar surface area (TPSA) is 64.3 Å². The first-order valence-corrected chi connectivity index (χ1v) is 5.33. The van der Waals surface area contributed by atoms with Crippen LogP contribution in [-0.2, 0) is 4.74 Å². The average molecular weight is 273 g/mol. The van der Waals surface area contributed by atoms with Crippen molar-refractivity contribution in [2.45, 2.75) is 13.8 Å². The minimum Gasteiger partial charge on any atom is -0.450 e. The van der Waals surface area contributed by atoms with Crippen LogP contribution < -0.4 is 11.1 Å². The predicted octanol–water partition coefficient (Wildman–Crippen LogP) is 2.91. The van der Waals surface area contributed by atoms with Crippen LogP contribution in [0.25, 0.3) is 0 Å². The summed E-state index contributed by atoms with van der Waals surface area (Å²) in [5.74, 6) is 0. The Hall–Kier alpha value is -1.23. The molecule has 0 aliphatic carbocycles. The smallest absolute Gasteiger partial charge is 0.411 e. The Morgan fingerprint density at radius 1 is 1.60 bits per heavy atom. The summed E-state index contributed by atoms with van der Waals surface area (Å²) in [6.45, 7) is 3.95. The molecule has 1 aromatic carbocycles. The molecule has 1 aromatic rings. The predicted molar refractivity (Wildman–Crippen MR) is 63.9 cm³/mol. The molecule has 4 nitrogen and oxygen atoms in total. The second-order valence-corrected chi connectivity index (χ2v) is 3.95. The first-order valence-electron chi connectivity index (χ1n) is 4.54. The van der Waals surface area contributed by atoms with Gasteiger partial charge in [-0.1, -0.05) is 15.9 Å². The fourth-order valence-electron chi connectivity index (χ4n) is 1.21. The van der Waals surface area contributed by atoms with Crippen LogP contribution in [0.4, 0.5) is 16.2 Å². The molecule has 0 atom stereocenters. The number of hydrogen-bond donors (Lipinski definition) is 2. The summed E-state index contributed by atoms with van der Waals surface area (Å²) in [6, 6.07) is 3.60. The summed E-state index contributed by atoms with van der Waals surface area (Å²) in [4.78, 5) is 11.2. The van der Waals surface area contributed by atoms with Gasteiger partial charge in [0.05, 0.1) is 18.0 Å². The van der Waals surface area contributed by atoms with E-state index in [1.807, 2.05) is 13.0 Å². The van der Waals surface area contributed by atoms with Gasteiger partial charge in [-0.3, -0.25) is 5.32 Å². The summed E-state index contributed by atoms with van der Waals surface area (Å²) >= 11 is 3.32. The Balaban J connectivity index is 2.90. The van der Waals surface area contributed by atoms with Gasteiger partial charge in [0.25, 0.3) is 0 Å². The number of nitrogen functional groups attached to an aromatic ring is 1. The third-order valence-electron chi connectivity index (χ3n) is 1.83. The largest absolute Gasteiger partial charge is 0.450 e. The zero-order valence-electron chi connectivity index (χ0n) is 8.63. The Morgan fingerprint density at radius 3 is 2.80 bits per heavy atom. The minimum atomic E-state index is -0.491. The van der Waals surface area contributed by atoms with Crippen molar-refractivity contribution in [3.05, 3.63) is 22.2 Å².